The summed E-state index contributed by atoms with van der Waals surface area (Å²) in [6, 6.07) is 0. The van der Waals surface area contributed by atoms with Crippen LogP contribution in [0.25, 0.3) is 0 Å². The van der Waals surface area contributed by atoms with E-state index in [1.165, 1.54) is 19.3 Å². The molecule has 5 heteroatoms. The minimum atomic E-state index is 0.364. The molecule has 19 heavy (non-hydrogen) atoms. The summed E-state index contributed by atoms with van der Waals surface area (Å²) in [4.78, 5) is 0. The van der Waals surface area contributed by atoms with Gasteiger partial charge in [-0.05, 0) is 43.1 Å². The Hall–Kier alpha value is -0.550. The highest BCUT2D eigenvalue weighted by Gasteiger charge is 2.36. The topological polar surface area (TPSA) is 64.9 Å². The van der Waals surface area contributed by atoms with Gasteiger partial charge in [-0.3, -0.25) is 0 Å². The second-order valence-electron chi connectivity index (χ2n) is 6.62. The molecular weight excluding hydrogens is 258 g/mol. The van der Waals surface area contributed by atoms with Crippen LogP contribution in [0.5, 0.6) is 0 Å². The quantitative estimate of drug-likeness (QED) is 0.922. The summed E-state index contributed by atoms with van der Waals surface area (Å²) in [6.45, 7) is 9.58. The number of aromatic nitrogens is 2. The summed E-state index contributed by atoms with van der Waals surface area (Å²) >= 11 is 1.72. The van der Waals surface area contributed by atoms with Crippen molar-refractivity contribution in [3.63, 3.8) is 0 Å². The molecule has 0 radical (unpaired) electrons. The number of nitrogens with two attached hydrogens (primary N) is 1. The van der Waals surface area contributed by atoms with E-state index in [1.54, 1.807) is 11.8 Å². The van der Waals surface area contributed by atoms with Gasteiger partial charge in [-0.2, -0.15) is 0 Å². The van der Waals surface area contributed by atoms with Crippen LogP contribution in [0.15, 0.2) is 9.64 Å². The maximum Gasteiger partial charge on any atom is 0.276 e. The fourth-order valence-electron chi connectivity index (χ4n) is 2.85. The van der Waals surface area contributed by atoms with E-state index in [-0.39, 0.29) is 0 Å². The second-order valence-corrected chi connectivity index (χ2v) is 7.81. The van der Waals surface area contributed by atoms with Gasteiger partial charge in [0.15, 0.2) is 0 Å². The second kappa shape index (κ2) is 5.83. The Morgan fingerprint density at radius 2 is 2.05 bits per heavy atom. The van der Waals surface area contributed by atoms with Gasteiger partial charge in [-0.1, -0.05) is 32.5 Å². The van der Waals surface area contributed by atoms with Gasteiger partial charge in [0, 0.05) is 12.2 Å². The van der Waals surface area contributed by atoms with E-state index in [1.807, 2.05) is 6.92 Å². The van der Waals surface area contributed by atoms with Gasteiger partial charge < -0.3 is 10.2 Å². The summed E-state index contributed by atoms with van der Waals surface area (Å²) in [5.41, 5.74) is 6.29. The van der Waals surface area contributed by atoms with Crippen molar-refractivity contribution in [3.8, 4) is 0 Å². The third-order valence-electron chi connectivity index (χ3n) is 4.22. The smallest absolute Gasteiger partial charge is 0.276 e. The zero-order valence-corrected chi connectivity index (χ0v) is 13.2. The van der Waals surface area contributed by atoms with Crippen LogP contribution in [0.3, 0.4) is 0 Å². The molecule has 1 aromatic rings. The van der Waals surface area contributed by atoms with Gasteiger partial charge in [0.25, 0.3) is 5.22 Å². The predicted molar refractivity (Wildman–Crippen MR) is 78.0 cm³/mol. The van der Waals surface area contributed by atoms with Gasteiger partial charge in [0.2, 0.25) is 5.89 Å². The zero-order valence-electron chi connectivity index (χ0n) is 12.3. The van der Waals surface area contributed by atoms with E-state index in [0.717, 1.165) is 12.5 Å². The van der Waals surface area contributed by atoms with E-state index in [9.17, 15) is 0 Å². The van der Waals surface area contributed by atoms with E-state index in [0.29, 0.717) is 27.7 Å². The molecule has 108 valence electrons. The first-order chi connectivity index (χ1) is 8.90. The average Bonchev–Trinajstić information content (AvgIpc) is 2.73. The van der Waals surface area contributed by atoms with Crippen molar-refractivity contribution in [1.82, 2.24) is 10.2 Å². The van der Waals surface area contributed by atoms with E-state index >= 15 is 0 Å². The lowest BCUT2D eigenvalue weighted by molar-refractivity contribution is 0.157. The molecule has 0 aromatic carbocycles. The van der Waals surface area contributed by atoms with Gasteiger partial charge in [0.05, 0.1) is 0 Å². The summed E-state index contributed by atoms with van der Waals surface area (Å²) in [7, 11) is 0. The lowest BCUT2D eigenvalue weighted by atomic mass is 9.69. The normalized spacial score (nSPS) is 28.6. The molecule has 3 unspecified atom stereocenters. The van der Waals surface area contributed by atoms with Crippen LogP contribution in [0.2, 0.25) is 0 Å². The molecule has 1 saturated carbocycles. The van der Waals surface area contributed by atoms with E-state index in [2.05, 4.69) is 31.0 Å². The molecule has 1 fully saturated rings. The number of hydrogen-bond donors (Lipinski definition) is 1. The van der Waals surface area contributed by atoms with Crippen molar-refractivity contribution in [2.24, 2.45) is 23.0 Å². The van der Waals surface area contributed by atoms with E-state index < -0.39 is 0 Å². The Kier molecular flexibility index (Phi) is 4.56. The maximum absolute atomic E-state index is 5.93. The maximum atomic E-state index is 5.93. The fourth-order valence-corrected chi connectivity index (χ4v) is 4.13. The molecule has 3 atom stereocenters. The van der Waals surface area contributed by atoms with Gasteiger partial charge in [-0.15, -0.1) is 10.2 Å². The number of thioether (sulfide) groups is 1. The van der Waals surface area contributed by atoms with Crippen LogP contribution in [-0.4, -0.2) is 22.0 Å². The highest BCUT2D eigenvalue weighted by atomic mass is 32.2. The van der Waals surface area contributed by atoms with Crippen molar-refractivity contribution in [1.29, 1.82) is 0 Å². The summed E-state index contributed by atoms with van der Waals surface area (Å²) < 4.78 is 5.50. The number of aryl methyl sites for hydroxylation is 1. The molecule has 1 aliphatic rings. The first kappa shape index (κ1) is 14.9. The van der Waals surface area contributed by atoms with Crippen molar-refractivity contribution >= 4 is 11.8 Å². The Morgan fingerprint density at radius 3 is 2.58 bits per heavy atom. The van der Waals surface area contributed by atoms with Crippen LogP contribution in [0, 0.1) is 24.2 Å². The molecule has 1 aromatic heterocycles. The minimum absolute atomic E-state index is 0.364. The molecule has 0 bridgehead atoms. The molecule has 0 aliphatic heterocycles. The molecular formula is C14H25N3OS. The number of nitrogens with zero attached hydrogens (tertiary/aromatic N) is 2. The van der Waals surface area contributed by atoms with Crippen LogP contribution >= 0.6 is 11.8 Å². The van der Waals surface area contributed by atoms with Gasteiger partial charge in [-0.25, -0.2) is 0 Å². The Bertz CT molecular complexity index is 413. The van der Waals surface area contributed by atoms with Crippen LogP contribution in [-0.2, 0) is 0 Å². The van der Waals surface area contributed by atoms with Crippen molar-refractivity contribution in [2.45, 2.75) is 57.4 Å². The summed E-state index contributed by atoms with van der Waals surface area (Å²) in [6.07, 6.45) is 3.69. The Morgan fingerprint density at radius 1 is 1.32 bits per heavy atom. The van der Waals surface area contributed by atoms with Gasteiger partial charge >= 0.3 is 0 Å². The highest BCUT2D eigenvalue weighted by molar-refractivity contribution is 7.99. The standard InChI is InChI=1S/C14H25N3OS/c1-9-16-17-13(18-9)19-12-7-11(14(2,3)4)6-5-10(12)8-15/h10-12H,5-8,15H2,1-4H3. The first-order valence-electron chi connectivity index (χ1n) is 7.07. The summed E-state index contributed by atoms with van der Waals surface area (Å²) in [5, 5.41) is 9.20. The average molecular weight is 283 g/mol. The molecule has 0 amide bonds. The first-order valence-corrected chi connectivity index (χ1v) is 7.95. The van der Waals surface area contributed by atoms with Crippen molar-refractivity contribution in [2.75, 3.05) is 6.54 Å². The molecule has 2 N–H and O–H groups in total. The van der Waals surface area contributed by atoms with E-state index in [4.69, 9.17) is 10.2 Å². The zero-order chi connectivity index (χ0) is 14.0. The highest BCUT2D eigenvalue weighted by Crippen LogP contribution is 2.45. The monoisotopic (exact) mass is 283 g/mol. The molecule has 1 heterocycles. The third-order valence-corrected chi connectivity index (χ3v) is 5.46. The fraction of sp³-hybridized carbons (Fsp3) is 0.857. The summed E-state index contributed by atoms with van der Waals surface area (Å²) in [5.74, 6) is 1.95. The van der Waals surface area contributed by atoms with Crippen LogP contribution < -0.4 is 5.73 Å². The third kappa shape index (κ3) is 3.72. The predicted octanol–water partition coefficient (Wildman–Crippen LogP) is 3.26. The Labute approximate surface area is 119 Å². The molecule has 2 rings (SSSR count). The van der Waals surface area contributed by atoms with Crippen LogP contribution in [0.1, 0.15) is 45.9 Å². The largest absolute Gasteiger partial charge is 0.416 e. The molecule has 0 saturated heterocycles. The van der Waals surface area contributed by atoms with Crippen LogP contribution in [0.4, 0.5) is 0 Å². The molecule has 1 aliphatic carbocycles. The SMILES string of the molecule is Cc1nnc(SC2CC(C(C)(C)C)CCC2CN)o1. The van der Waals surface area contributed by atoms with Gasteiger partial charge in [0.1, 0.15) is 0 Å². The number of rotatable bonds is 3. The minimum Gasteiger partial charge on any atom is -0.416 e. The Balaban J connectivity index is 2.05. The van der Waals surface area contributed by atoms with Crippen molar-refractivity contribution < 1.29 is 4.42 Å². The van der Waals surface area contributed by atoms with Crippen molar-refractivity contribution in [3.05, 3.63) is 5.89 Å². The lowest BCUT2D eigenvalue weighted by Crippen LogP contribution is -2.36. The number of hydrogen-bond acceptors (Lipinski definition) is 5. The molecule has 4 nitrogen and oxygen atoms in total. The molecule has 0 spiro atoms. The lowest BCUT2D eigenvalue weighted by Gasteiger charge is -2.40.